The van der Waals surface area contributed by atoms with Crippen LogP contribution in [0.25, 0.3) is 0 Å². The van der Waals surface area contributed by atoms with E-state index >= 15 is 0 Å². The number of rotatable bonds is 4. The maximum absolute atomic E-state index is 12.1. The highest BCUT2D eigenvalue weighted by Gasteiger charge is 2.26. The highest BCUT2D eigenvalue weighted by atomic mass is 32.1. The van der Waals surface area contributed by atoms with Gasteiger partial charge in [0.05, 0.1) is 12.0 Å². The third-order valence-electron chi connectivity index (χ3n) is 2.30. The predicted octanol–water partition coefficient (Wildman–Crippen LogP) is 2.70. The summed E-state index contributed by atoms with van der Waals surface area (Å²) >= 11 is 4.88. The van der Waals surface area contributed by atoms with Gasteiger partial charge in [-0.05, 0) is 19.9 Å². The number of nitrogens with one attached hydrogen (secondary N) is 1. The largest absolute Gasteiger partial charge is 0.390 e. The van der Waals surface area contributed by atoms with E-state index in [1.165, 1.54) is 0 Å². The Hall–Kier alpha value is -1.37. The molecule has 0 saturated heterocycles. The highest BCUT2D eigenvalue weighted by Crippen LogP contribution is 2.22. The monoisotopic (exact) mass is 277 g/mol. The molecular weight excluding hydrogens is 263 g/mol. The molecule has 0 bridgehead atoms. The van der Waals surface area contributed by atoms with Gasteiger partial charge in [-0.3, -0.25) is 4.98 Å². The number of aromatic nitrogens is 1. The van der Waals surface area contributed by atoms with Gasteiger partial charge in [-0.2, -0.15) is 13.2 Å². The number of alkyl halides is 3. The molecule has 100 valence electrons. The van der Waals surface area contributed by atoms with Crippen molar-refractivity contribution in [2.45, 2.75) is 26.4 Å². The van der Waals surface area contributed by atoms with Crippen LogP contribution in [0.2, 0.25) is 0 Å². The molecule has 0 aromatic carbocycles. The highest BCUT2D eigenvalue weighted by molar-refractivity contribution is 7.80. The number of anilines is 1. The molecule has 0 amide bonds. The molecular formula is C11H14F3N3S. The zero-order chi connectivity index (χ0) is 13.9. The van der Waals surface area contributed by atoms with E-state index in [1.54, 1.807) is 19.9 Å². The predicted molar refractivity (Wildman–Crippen MR) is 68.8 cm³/mol. The summed E-state index contributed by atoms with van der Waals surface area (Å²) in [5.41, 5.74) is 7.85. The lowest BCUT2D eigenvalue weighted by Crippen LogP contribution is -2.19. The smallest absolute Gasteiger partial charge is 0.389 e. The van der Waals surface area contributed by atoms with E-state index in [0.717, 1.165) is 0 Å². The number of aryl methyl sites for hydroxylation is 2. The molecule has 0 atom stereocenters. The van der Waals surface area contributed by atoms with E-state index in [1.807, 2.05) is 0 Å². The van der Waals surface area contributed by atoms with Crippen molar-refractivity contribution in [2.24, 2.45) is 5.73 Å². The quantitative estimate of drug-likeness (QED) is 0.831. The molecule has 1 rings (SSSR count). The van der Waals surface area contributed by atoms with Crippen LogP contribution in [0.1, 0.15) is 23.4 Å². The first kappa shape index (κ1) is 14.7. The zero-order valence-electron chi connectivity index (χ0n) is 10.1. The maximum atomic E-state index is 12.1. The van der Waals surface area contributed by atoms with Gasteiger partial charge in [-0.1, -0.05) is 12.2 Å². The van der Waals surface area contributed by atoms with Crippen molar-refractivity contribution in [3.05, 3.63) is 23.0 Å². The van der Waals surface area contributed by atoms with Crippen LogP contribution in [-0.4, -0.2) is 22.7 Å². The Labute approximate surface area is 109 Å². The molecule has 0 spiro atoms. The number of pyridine rings is 1. The van der Waals surface area contributed by atoms with Crippen LogP contribution in [0.4, 0.5) is 18.9 Å². The Morgan fingerprint density at radius 3 is 2.56 bits per heavy atom. The van der Waals surface area contributed by atoms with Crippen molar-refractivity contribution in [2.75, 3.05) is 11.9 Å². The van der Waals surface area contributed by atoms with Crippen LogP contribution in [0.5, 0.6) is 0 Å². The standard InChI is InChI=1S/C11H14F3N3S/c1-6-5-8(16-4-3-11(12,13)14)9(10(15)18)7(2)17-6/h5H,3-4H2,1-2H3,(H2,15,18)(H,16,17). The van der Waals surface area contributed by atoms with Crippen molar-refractivity contribution in [3.8, 4) is 0 Å². The summed E-state index contributed by atoms with van der Waals surface area (Å²) in [5.74, 6) is 0. The third kappa shape index (κ3) is 4.14. The Morgan fingerprint density at radius 1 is 1.44 bits per heavy atom. The number of hydrogen-bond acceptors (Lipinski definition) is 3. The second-order valence-corrected chi connectivity index (χ2v) is 4.37. The first-order valence-electron chi connectivity index (χ1n) is 5.29. The van der Waals surface area contributed by atoms with Gasteiger partial charge >= 0.3 is 6.18 Å². The molecule has 0 saturated carbocycles. The number of halogens is 3. The summed E-state index contributed by atoms with van der Waals surface area (Å²) in [6, 6.07) is 1.64. The second-order valence-electron chi connectivity index (χ2n) is 3.93. The van der Waals surface area contributed by atoms with Gasteiger partial charge in [0.1, 0.15) is 4.99 Å². The minimum atomic E-state index is -4.19. The fourth-order valence-corrected chi connectivity index (χ4v) is 1.88. The van der Waals surface area contributed by atoms with E-state index in [4.69, 9.17) is 18.0 Å². The van der Waals surface area contributed by atoms with Crippen LogP contribution < -0.4 is 11.1 Å². The second kappa shape index (κ2) is 5.51. The Kier molecular flexibility index (Phi) is 4.50. The van der Waals surface area contributed by atoms with Gasteiger partial charge < -0.3 is 11.1 Å². The van der Waals surface area contributed by atoms with E-state index in [-0.39, 0.29) is 11.5 Å². The van der Waals surface area contributed by atoms with Gasteiger partial charge in [-0.25, -0.2) is 0 Å². The summed E-state index contributed by atoms with van der Waals surface area (Å²) in [4.78, 5) is 4.30. The van der Waals surface area contributed by atoms with Crippen molar-refractivity contribution in [1.29, 1.82) is 0 Å². The van der Waals surface area contributed by atoms with Gasteiger partial charge in [0.25, 0.3) is 0 Å². The molecule has 3 nitrogen and oxygen atoms in total. The molecule has 0 aliphatic rings. The molecule has 0 radical (unpaired) electrons. The van der Waals surface area contributed by atoms with Crippen LogP contribution in [0.3, 0.4) is 0 Å². The normalized spacial score (nSPS) is 11.4. The third-order valence-corrected chi connectivity index (χ3v) is 2.50. The number of hydrogen-bond donors (Lipinski definition) is 2. The fourth-order valence-electron chi connectivity index (χ4n) is 1.62. The Bertz CT molecular complexity index is 458. The van der Waals surface area contributed by atoms with Crippen molar-refractivity contribution < 1.29 is 13.2 Å². The SMILES string of the molecule is Cc1cc(NCCC(F)(F)F)c(C(N)=S)c(C)n1. The van der Waals surface area contributed by atoms with Crippen LogP contribution >= 0.6 is 12.2 Å². The average Bonchev–Trinajstić information content (AvgIpc) is 2.13. The van der Waals surface area contributed by atoms with E-state index in [9.17, 15) is 13.2 Å². The first-order chi connectivity index (χ1) is 8.20. The van der Waals surface area contributed by atoms with Gasteiger partial charge in [0.15, 0.2) is 0 Å². The van der Waals surface area contributed by atoms with Crippen LogP contribution in [0, 0.1) is 13.8 Å². The van der Waals surface area contributed by atoms with E-state index in [2.05, 4.69) is 10.3 Å². The molecule has 1 aromatic rings. The molecule has 0 aliphatic heterocycles. The average molecular weight is 277 g/mol. The van der Waals surface area contributed by atoms with Crippen LogP contribution in [0.15, 0.2) is 6.07 Å². The zero-order valence-corrected chi connectivity index (χ0v) is 10.9. The van der Waals surface area contributed by atoms with E-state index in [0.29, 0.717) is 22.6 Å². The minimum absolute atomic E-state index is 0.120. The summed E-state index contributed by atoms with van der Waals surface area (Å²) in [5, 5.41) is 2.71. The lowest BCUT2D eigenvalue weighted by Gasteiger charge is -2.14. The van der Waals surface area contributed by atoms with Gasteiger partial charge in [0, 0.05) is 23.6 Å². The molecule has 0 aliphatic carbocycles. The van der Waals surface area contributed by atoms with Gasteiger partial charge in [0.2, 0.25) is 0 Å². The molecule has 0 fully saturated rings. The summed E-state index contributed by atoms with van der Waals surface area (Å²) < 4.78 is 36.2. The minimum Gasteiger partial charge on any atom is -0.389 e. The maximum Gasteiger partial charge on any atom is 0.390 e. The van der Waals surface area contributed by atoms with Crippen LogP contribution in [-0.2, 0) is 0 Å². The fraction of sp³-hybridized carbons (Fsp3) is 0.455. The lowest BCUT2D eigenvalue weighted by molar-refractivity contribution is -0.131. The Morgan fingerprint density at radius 2 is 2.06 bits per heavy atom. The number of nitrogens with two attached hydrogens (primary N) is 1. The number of thiocarbonyl (C=S) groups is 1. The molecule has 18 heavy (non-hydrogen) atoms. The molecule has 1 heterocycles. The number of nitrogens with zero attached hydrogens (tertiary/aromatic N) is 1. The first-order valence-corrected chi connectivity index (χ1v) is 5.70. The summed E-state index contributed by atoms with van der Waals surface area (Å²) in [6.45, 7) is 3.25. The van der Waals surface area contributed by atoms with Gasteiger partial charge in [-0.15, -0.1) is 0 Å². The summed E-state index contributed by atoms with van der Waals surface area (Å²) in [6.07, 6.45) is -5.10. The molecule has 7 heteroatoms. The molecule has 1 aromatic heterocycles. The van der Waals surface area contributed by atoms with E-state index < -0.39 is 12.6 Å². The van der Waals surface area contributed by atoms with Crippen molar-refractivity contribution >= 4 is 22.9 Å². The van der Waals surface area contributed by atoms with Crippen molar-refractivity contribution in [1.82, 2.24) is 4.98 Å². The Balaban J connectivity index is 2.90. The lowest BCUT2D eigenvalue weighted by atomic mass is 10.1. The molecule has 3 N–H and O–H groups in total. The van der Waals surface area contributed by atoms with Crippen molar-refractivity contribution in [3.63, 3.8) is 0 Å². The topological polar surface area (TPSA) is 50.9 Å². The summed E-state index contributed by atoms with van der Waals surface area (Å²) in [7, 11) is 0. The molecule has 0 unspecified atom stereocenters.